The third kappa shape index (κ3) is 5.47. The van der Waals surface area contributed by atoms with Gasteiger partial charge < -0.3 is 14.6 Å². The molecule has 3 aromatic rings. The van der Waals surface area contributed by atoms with Gasteiger partial charge in [-0.1, -0.05) is 20.2 Å². The van der Waals surface area contributed by atoms with Crippen LogP contribution in [0.25, 0.3) is 22.4 Å². The van der Waals surface area contributed by atoms with Crippen LogP contribution in [0.4, 0.5) is 0 Å². The fraction of sp³-hybridized carbons (Fsp3) is 0.560. The van der Waals surface area contributed by atoms with Gasteiger partial charge in [0.15, 0.2) is 5.52 Å². The lowest BCUT2D eigenvalue weighted by atomic mass is 10.1. The summed E-state index contributed by atoms with van der Waals surface area (Å²) >= 11 is 0. The summed E-state index contributed by atoms with van der Waals surface area (Å²) in [7, 11) is -4.18. The van der Waals surface area contributed by atoms with Crippen molar-refractivity contribution in [2.45, 2.75) is 63.2 Å². The van der Waals surface area contributed by atoms with Gasteiger partial charge in [0.1, 0.15) is 17.1 Å². The second kappa shape index (κ2) is 11.1. The number of aromatic nitrogens is 4. The number of nitrogens with zero attached hydrogens (tertiary/aromatic N) is 4. The van der Waals surface area contributed by atoms with Crippen molar-refractivity contribution < 1.29 is 26.9 Å². The molecule has 196 valence electrons. The molecule has 36 heavy (non-hydrogen) atoms. The fourth-order valence-corrected chi connectivity index (χ4v) is 5.21. The monoisotopic (exact) mass is 526 g/mol. The summed E-state index contributed by atoms with van der Waals surface area (Å²) in [6.45, 7) is -2.01. The maximum absolute atomic E-state index is 13.4. The number of benzene rings is 1. The van der Waals surface area contributed by atoms with Gasteiger partial charge in [-0.05, 0) is 63.8 Å². The van der Waals surface area contributed by atoms with Crippen molar-refractivity contribution in [1.82, 2.24) is 29.4 Å². The first-order valence-corrected chi connectivity index (χ1v) is 13.2. The van der Waals surface area contributed by atoms with E-state index >= 15 is 0 Å². The van der Waals surface area contributed by atoms with Crippen LogP contribution in [0.15, 0.2) is 27.9 Å². The maximum Gasteiger partial charge on any atom is 0.277 e. The molecule has 2 N–H and O–H groups in total. The van der Waals surface area contributed by atoms with E-state index in [4.69, 9.17) is 18.4 Å². The minimum atomic E-state index is -4.18. The Balaban J connectivity index is 1.80. The third-order valence-electron chi connectivity index (χ3n) is 5.90. The van der Waals surface area contributed by atoms with Crippen LogP contribution in [0, 0.1) is 0 Å². The zero-order chi connectivity index (χ0) is 34.5. The summed E-state index contributed by atoms with van der Waals surface area (Å²) in [5, 5.41) is 3.79. The van der Waals surface area contributed by atoms with Crippen molar-refractivity contribution in [3.05, 3.63) is 34.2 Å². The number of sulfonamides is 1. The molecule has 1 aromatic carbocycles. The predicted molar refractivity (Wildman–Crippen MR) is 140 cm³/mol. The van der Waals surface area contributed by atoms with E-state index in [0.29, 0.717) is 30.5 Å². The Kier molecular flexibility index (Phi) is 4.98. The largest absolute Gasteiger partial charge is 0.493 e. The van der Waals surface area contributed by atoms with Crippen molar-refractivity contribution >= 4 is 21.1 Å². The van der Waals surface area contributed by atoms with Crippen LogP contribution >= 0.6 is 0 Å². The number of hydrogen-bond acceptors (Lipinski definition) is 7. The lowest BCUT2D eigenvalue weighted by molar-refractivity contribution is 0.297. The number of nitrogens with one attached hydrogen (secondary N) is 2. The van der Waals surface area contributed by atoms with Gasteiger partial charge in [-0.2, -0.15) is 5.10 Å². The molecule has 1 saturated heterocycles. The van der Waals surface area contributed by atoms with Gasteiger partial charge in [-0.3, -0.25) is 9.48 Å². The molecule has 0 spiro atoms. The van der Waals surface area contributed by atoms with Gasteiger partial charge in [-0.15, -0.1) is 0 Å². The highest BCUT2D eigenvalue weighted by Gasteiger charge is 2.23. The van der Waals surface area contributed by atoms with Gasteiger partial charge in [0.05, 0.1) is 22.8 Å². The number of hydrogen-bond donors (Lipinski definition) is 2. The number of H-pyrrole nitrogens is 1. The van der Waals surface area contributed by atoms with E-state index in [0.717, 1.165) is 6.92 Å². The summed E-state index contributed by atoms with van der Waals surface area (Å²) in [5.41, 5.74) is -2.92. The Bertz CT molecular complexity index is 1750. The first-order chi connectivity index (χ1) is 21.1. The van der Waals surface area contributed by atoms with Crippen molar-refractivity contribution in [2.24, 2.45) is 6.98 Å². The highest BCUT2D eigenvalue weighted by atomic mass is 32.2. The average molecular weight is 527 g/mol. The number of aromatic amines is 1. The number of aryl methyl sites for hydroxylation is 2. The summed E-state index contributed by atoms with van der Waals surface area (Å²) in [4.78, 5) is 21.2. The second-order valence-corrected chi connectivity index (χ2v) is 10.2. The summed E-state index contributed by atoms with van der Waals surface area (Å²) in [6, 6.07) is 3.49. The lowest BCUT2D eigenvalue weighted by Gasteiger charge is -2.19. The minimum absolute atomic E-state index is 0.0210. The van der Waals surface area contributed by atoms with Crippen molar-refractivity contribution in [3.63, 3.8) is 0 Å². The quantitative estimate of drug-likeness (QED) is 0.394. The molecular formula is C25H36N6O4S. The molecule has 0 bridgehead atoms. The van der Waals surface area contributed by atoms with Crippen LogP contribution in [0.1, 0.15) is 65.3 Å². The number of fused-ring (bicyclic) bond motifs is 1. The molecule has 1 aliphatic rings. The lowest BCUT2D eigenvalue weighted by Crippen LogP contribution is -2.31. The average Bonchev–Trinajstić information content (AvgIpc) is 3.57. The van der Waals surface area contributed by atoms with Crippen LogP contribution in [-0.2, 0) is 23.4 Å². The molecule has 0 radical (unpaired) electrons. The van der Waals surface area contributed by atoms with Crippen LogP contribution < -0.4 is 15.0 Å². The first-order valence-electron chi connectivity index (χ1n) is 16.7. The van der Waals surface area contributed by atoms with Crippen LogP contribution in [0.2, 0.25) is 0 Å². The van der Waals surface area contributed by atoms with E-state index in [2.05, 4.69) is 19.8 Å². The number of likely N-dealkylation sites (tertiary alicyclic amines) is 1. The van der Waals surface area contributed by atoms with E-state index in [1.807, 2.05) is 6.92 Å². The molecule has 0 amide bonds. The molecular weight excluding hydrogens is 480 g/mol. The topological polar surface area (TPSA) is 122 Å². The first kappa shape index (κ1) is 16.2. The predicted octanol–water partition coefficient (Wildman–Crippen LogP) is 2.83. The molecule has 3 heterocycles. The zero-order valence-electron chi connectivity index (χ0n) is 30.1. The Labute approximate surface area is 226 Å². The van der Waals surface area contributed by atoms with E-state index in [1.54, 1.807) is 0 Å². The maximum atomic E-state index is 13.4. The van der Waals surface area contributed by atoms with Crippen molar-refractivity contribution in [1.29, 1.82) is 0 Å². The van der Waals surface area contributed by atoms with E-state index in [-0.39, 0.29) is 47.6 Å². The Morgan fingerprint density at radius 3 is 2.94 bits per heavy atom. The van der Waals surface area contributed by atoms with Crippen molar-refractivity contribution in [2.75, 3.05) is 26.7 Å². The smallest absolute Gasteiger partial charge is 0.277 e. The Morgan fingerprint density at radius 2 is 2.19 bits per heavy atom. The van der Waals surface area contributed by atoms with Gasteiger partial charge >= 0.3 is 0 Å². The van der Waals surface area contributed by atoms with Crippen LogP contribution in [-0.4, -0.2) is 65.8 Å². The molecule has 0 aliphatic carbocycles. The third-order valence-corrected chi connectivity index (χ3v) is 7.36. The minimum Gasteiger partial charge on any atom is -0.493 e. The molecule has 1 atom stereocenters. The number of rotatable bonds is 11. The molecule has 2 aromatic heterocycles. The molecule has 11 heteroatoms. The van der Waals surface area contributed by atoms with E-state index in [1.165, 1.54) is 23.1 Å². The Hall–Kier alpha value is -2.76. The fourth-order valence-electron chi connectivity index (χ4n) is 4.13. The van der Waals surface area contributed by atoms with E-state index in [9.17, 15) is 13.2 Å². The molecule has 0 saturated carbocycles. The van der Waals surface area contributed by atoms with Crippen molar-refractivity contribution in [3.8, 4) is 17.1 Å². The second-order valence-electron chi connectivity index (χ2n) is 8.43. The standard InChI is InChI=1S/C25H36N6O4S/c1-5-8-20-22-23(31(4)29-20)25(32)28-24(27-22)19-16-18(10-11-21(19)35-15-6-2)36(33,34)26-13-12-17-9-7-14-30(17)3/h10-11,16-17,26H,5-9,12-15H2,1-4H3,(H,27,28,32)/i3D3,4D3,5D2,8D2. The van der Waals surface area contributed by atoms with Crippen LogP contribution in [0.5, 0.6) is 5.75 Å². The highest BCUT2D eigenvalue weighted by Crippen LogP contribution is 2.31. The van der Waals surface area contributed by atoms with Gasteiger partial charge in [0.2, 0.25) is 10.0 Å². The summed E-state index contributed by atoms with van der Waals surface area (Å²) in [5.74, 6) is -0.181. The zero-order valence-corrected chi connectivity index (χ0v) is 20.9. The molecule has 1 fully saturated rings. The van der Waals surface area contributed by atoms with E-state index < -0.39 is 59.0 Å². The molecule has 1 aliphatic heterocycles. The van der Waals surface area contributed by atoms with Crippen LogP contribution in [0.3, 0.4) is 0 Å². The summed E-state index contributed by atoms with van der Waals surface area (Å²) < 4.78 is 115. The normalized spacial score (nSPS) is 22.3. The highest BCUT2D eigenvalue weighted by molar-refractivity contribution is 7.89. The van der Waals surface area contributed by atoms with Gasteiger partial charge in [0.25, 0.3) is 5.56 Å². The molecule has 1 unspecified atom stereocenters. The molecule has 4 rings (SSSR count). The Morgan fingerprint density at radius 1 is 1.33 bits per heavy atom. The number of ether oxygens (including phenoxy) is 1. The van der Waals surface area contributed by atoms with Gasteiger partial charge in [-0.25, -0.2) is 18.1 Å². The SMILES string of the molecule is [2H]C([2H])([2H])N1CCCC1CCNS(=O)(=O)c1ccc(OCCC)c(-c2nc3c(C([2H])([2H])C([2H])([2H])C)nn(C([2H])([2H])[2H])c3c(=O)[nH]2)c1. The summed E-state index contributed by atoms with van der Waals surface area (Å²) in [6.07, 6.45) is -3.34. The van der Waals surface area contributed by atoms with Gasteiger partial charge in [0, 0.05) is 33.3 Å². The molecule has 10 nitrogen and oxygen atoms in total.